The molecule has 0 spiro atoms. The largest absolute Gasteiger partial charge is 0.372 e. The molecule has 2 unspecified atom stereocenters. The predicted octanol–water partition coefficient (Wildman–Crippen LogP) is 1.92. The Balaban J connectivity index is 1.98. The molecule has 1 aromatic rings. The highest BCUT2D eigenvalue weighted by Gasteiger charge is 2.25. The molecule has 0 saturated carbocycles. The average molecular weight is 331 g/mol. The summed E-state index contributed by atoms with van der Waals surface area (Å²) in [6.45, 7) is 10.2. The molecule has 1 aliphatic rings. The van der Waals surface area contributed by atoms with Crippen LogP contribution in [-0.2, 0) is 17.8 Å². The summed E-state index contributed by atoms with van der Waals surface area (Å²) in [6, 6.07) is 0. The van der Waals surface area contributed by atoms with Crippen molar-refractivity contribution in [2.45, 2.75) is 46.1 Å². The summed E-state index contributed by atoms with van der Waals surface area (Å²) >= 11 is 3.51. The minimum absolute atomic E-state index is 0.269. The summed E-state index contributed by atoms with van der Waals surface area (Å²) in [5.41, 5.74) is 0. The molecule has 2 atom stereocenters. The quantitative estimate of drug-likeness (QED) is 0.773. The predicted molar refractivity (Wildman–Crippen MR) is 78.3 cm³/mol. The van der Waals surface area contributed by atoms with E-state index in [4.69, 9.17) is 4.74 Å². The maximum Gasteiger partial charge on any atom is 0.141 e. The zero-order valence-electron chi connectivity index (χ0n) is 11.9. The van der Waals surface area contributed by atoms with Gasteiger partial charge in [0, 0.05) is 25.0 Å². The fourth-order valence-electron chi connectivity index (χ4n) is 2.46. The van der Waals surface area contributed by atoms with E-state index in [0.29, 0.717) is 5.92 Å². The highest BCUT2D eigenvalue weighted by atomic mass is 79.9. The van der Waals surface area contributed by atoms with Gasteiger partial charge in [-0.05, 0) is 12.8 Å². The van der Waals surface area contributed by atoms with E-state index in [-0.39, 0.29) is 12.2 Å². The van der Waals surface area contributed by atoms with Crippen molar-refractivity contribution in [2.24, 2.45) is 5.92 Å². The Labute approximate surface area is 123 Å². The third-order valence-corrected chi connectivity index (χ3v) is 3.90. The van der Waals surface area contributed by atoms with Gasteiger partial charge in [0.25, 0.3) is 0 Å². The molecule has 0 bridgehead atoms. The van der Waals surface area contributed by atoms with Crippen molar-refractivity contribution >= 4 is 15.9 Å². The maximum atomic E-state index is 5.85. The average Bonchev–Trinajstić information content (AvgIpc) is 2.75. The minimum atomic E-state index is 0.269. The molecule has 19 heavy (non-hydrogen) atoms. The summed E-state index contributed by atoms with van der Waals surface area (Å²) < 4.78 is 7.87. The van der Waals surface area contributed by atoms with Gasteiger partial charge in [0.1, 0.15) is 12.2 Å². The molecule has 1 aromatic heterocycles. The molecule has 1 aliphatic heterocycles. The third-order valence-electron chi connectivity index (χ3n) is 3.17. The molecular formula is C13H23BrN4O. The molecule has 0 amide bonds. The third kappa shape index (κ3) is 4.26. The van der Waals surface area contributed by atoms with Crippen LogP contribution in [0.1, 0.15) is 26.6 Å². The van der Waals surface area contributed by atoms with Crippen molar-refractivity contribution in [3.63, 3.8) is 0 Å². The van der Waals surface area contributed by atoms with Gasteiger partial charge in [0.2, 0.25) is 0 Å². The first-order valence-electron chi connectivity index (χ1n) is 6.89. The van der Waals surface area contributed by atoms with E-state index in [1.807, 2.05) is 4.68 Å². The summed E-state index contributed by atoms with van der Waals surface area (Å²) in [5.74, 6) is 1.63. The summed E-state index contributed by atoms with van der Waals surface area (Å²) in [5, 5.41) is 5.20. The zero-order chi connectivity index (χ0) is 13.8. The lowest BCUT2D eigenvalue weighted by molar-refractivity contribution is -0.0687. The van der Waals surface area contributed by atoms with Crippen LogP contribution in [0.25, 0.3) is 0 Å². The van der Waals surface area contributed by atoms with Crippen LogP contribution in [-0.4, -0.2) is 50.3 Å². The van der Waals surface area contributed by atoms with Gasteiger partial charge in [-0.15, -0.1) is 0 Å². The molecular weight excluding hydrogens is 308 g/mol. The standard InChI is InChI=1S/C13H23BrN4O/c1-10(2)5-18-13(15-9-16-18)8-17-6-11(3)19-12(4-14)7-17/h9-12H,4-8H2,1-3H3. The van der Waals surface area contributed by atoms with Gasteiger partial charge < -0.3 is 4.74 Å². The minimum Gasteiger partial charge on any atom is -0.372 e. The highest BCUT2D eigenvalue weighted by Crippen LogP contribution is 2.15. The van der Waals surface area contributed by atoms with E-state index in [0.717, 1.165) is 37.3 Å². The number of rotatable bonds is 5. The number of nitrogens with zero attached hydrogens (tertiary/aromatic N) is 4. The lowest BCUT2D eigenvalue weighted by Crippen LogP contribution is -2.47. The van der Waals surface area contributed by atoms with E-state index in [1.54, 1.807) is 6.33 Å². The summed E-state index contributed by atoms with van der Waals surface area (Å²) in [7, 11) is 0. The summed E-state index contributed by atoms with van der Waals surface area (Å²) in [6.07, 6.45) is 2.20. The molecule has 6 heteroatoms. The zero-order valence-corrected chi connectivity index (χ0v) is 13.5. The molecule has 0 radical (unpaired) electrons. The Hall–Kier alpha value is -0.460. The van der Waals surface area contributed by atoms with E-state index >= 15 is 0 Å². The van der Waals surface area contributed by atoms with Crippen molar-refractivity contribution in [3.8, 4) is 0 Å². The van der Waals surface area contributed by atoms with Crippen LogP contribution in [0.15, 0.2) is 6.33 Å². The van der Waals surface area contributed by atoms with Gasteiger partial charge in [0.05, 0.1) is 18.8 Å². The fourth-order valence-corrected chi connectivity index (χ4v) is 2.82. The van der Waals surface area contributed by atoms with Gasteiger partial charge in [0.15, 0.2) is 0 Å². The smallest absolute Gasteiger partial charge is 0.141 e. The lowest BCUT2D eigenvalue weighted by atomic mass is 10.2. The van der Waals surface area contributed by atoms with Crippen LogP contribution in [0.5, 0.6) is 0 Å². The van der Waals surface area contributed by atoms with Gasteiger partial charge in [-0.2, -0.15) is 5.10 Å². The Kier molecular flexibility index (Phi) is 5.36. The normalized spacial score (nSPS) is 25.1. The first-order chi connectivity index (χ1) is 9.08. The van der Waals surface area contributed by atoms with Crippen molar-refractivity contribution in [1.82, 2.24) is 19.7 Å². The van der Waals surface area contributed by atoms with Gasteiger partial charge in [-0.3, -0.25) is 4.90 Å². The van der Waals surface area contributed by atoms with E-state index in [9.17, 15) is 0 Å². The molecule has 0 aromatic carbocycles. The maximum absolute atomic E-state index is 5.85. The SMILES string of the molecule is CC(C)Cn1ncnc1CN1CC(C)OC(CBr)C1. The van der Waals surface area contributed by atoms with Crippen molar-refractivity contribution in [2.75, 3.05) is 18.4 Å². The second-order valence-corrected chi connectivity index (χ2v) is 6.32. The Bertz CT molecular complexity index is 396. The van der Waals surface area contributed by atoms with Crippen molar-refractivity contribution in [1.29, 1.82) is 0 Å². The van der Waals surface area contributed by atoms with E-state index < -0.39 is 0 Å². The molecule has 2 rings (SSSR count). The first-order valence-corrected chi connectivity index (χ1v) is 8.01. The number of morpholine rings is 1. The number of hydrogen-bond acceptors (Lipinski definition) is 4. The molecule has 0 N–H and O–H groups in total. The van der Waals surface area contributed by atoms with Crippen LogP contribution >= 0.6 is 15.9 Å². The topological polar surface area (TPSA) is 43.2 Å². The lowest BCUT2D eigenvalue weighted by Gasteiger charge is -2.35. The number of ether oxygens (including phenoxy) is 1. The highest BCUT2D eigenvalue weighted by molar-refractivity contribution is 9.09. The van der Waals surface area contributed by atoms with E-state index in [1.165, 1.54) is 0 Å². The second-order valence-electron chi connectivity index (χ2n) is 5.67. The van der Waals surface area contributed by atoms with Crippen LogP contribution in [0, 0.1) is 5.92 Å². The van der Waals surface area contributed by atoms with Crippen LogP contribution < -0.4 is 0 Å². The number of halogens is 1. The van der Waals surface area contributed by atoms with Crippen LogP contribution in [0.4, 0.5) is 0 Å². The number of alkyl halides is 1. The summed E-state index contributed by atoms with van der Waals surface area (Å²) in [4.78, 5) is 6.80. The van der Waals surface area contributed by atoms with Gasteiger partial charge >= 0.3 is 0 Å². The second kappa shape index (κ2) is 6.81. The molecule has 108 valence electrons. The Morgan fingerprint density at radius 3 is 2.95 bits per heavy atom. The van der Waals surface area contributed by atoms with Crippen molar-refractivity contribution < 1.29 is 4.74 Å². The van der Waals surface area contributed by atoms with E-state index in [2.05, 4.69) is 51.7 Å². The Morgan fingerprint density at radius 1 is 1.47 bits per heavy atom. The molecule has 5 nitrogen and oxygen atoms in total. The monoisotopic (exact) mass is 330 g/mol. The van der Waals surface area contributed by atoms with Gasteiger partial charge in [-0.25, -0.2) is 9.67 Å². The fraction of sp³-hybridized carbons (Fsp3) is 0.846. The number of aromatic nitrogens is 3. The van der Waals surface area contributed by atoms with Crippen LogP contribution in [0.2, 0.25) is 0 Å². The number of hydrogen-bond donors (Lipinski definition) is 0. The van der Waals surface area contributed by atoms with Gasteiger partial charge in [-0.1, -0.05) is 29.8 Å². The van der Waals surface area contributed by atoms with Crippen LogP contribution in [0.3, 0.4) is 0 Å². The molecule has 0 aliphatic carbocycles. The molecule has 1 saturated heterocycles. The molecule has 2 heterocycles. The van der Waals surface area contributed by atoms with Crippen molar-refractivity contribution in [3.05, 3.63) is 12.2 Å². The first kappa shape index (κ1) is 14.9. The molecule has 1 fully saturated rings. The Morgan fingerprint density at radius 2 is 2.26 bits per heavy atom.